The molecule has 2 N–H and O–H groups in total. The van der Waals surface area contributed by atoms with Crippen LogP contribution >= 0.6 is 0 Å². The number of carboxylic acids is 1. The van der Waals surface area contributed by atoms with Crippen LogP contribution < -0.4 is 10.2 Å². The topological polar surface area (TPSA) is 85.8 Å². The number of aliphatic carboxylic acids is 1. The lowest BCUT2D eigenvalue weighted by Gasteiger charge is -2.39. The SMILES string of the molecule is CC(=O)N1c2ccc(-c3ccc(CN4CCCCC4)cc3)cc2[C@H](Nc2ccccn2)C[C@@H]1C.O=C(O)C(F)(F)F. The summed E-state index contributed by atoms with van der Waals surface area (Å²) >= 11 is 0. The second kappa shape index (κ2) is 13.2. The lowest BCUT2D eigenvalue weighted by molar-refractivity contribution is -0.192. The van der Waals surface area contributed by atoms with Crippen molar-refractivity contribution < 1.29 is 27.9 Å². The molecule has 1 aromatic heterocycles. The van der Waals surface area contributed by atoms with Gasteiger partial charge in [0.2, 0.25) is 5.91 Å². The molecule has 1 fully saturated rings. The highest BCUT2D eigenvalue weighted by Gasteiger charge is 2.38. The van der Waals surface area contributed by atoms with Crippen LogP contribution in [0.5, 0.6) is 0 Å². The average Bonchev–Trinajstić information content (AvgIpc) is 2.94. The molecule has 218 valence electrons. The van der Waals surface area contributed by atoms with Crippen LogP contribution in [0.2, 0.25) is 0 Å². The number of piperidine rings is 1. The largest absolute Gasteiger partial charge is 0.490 e. The van der Waals surface area contributed by atoms with Gasteiger partial charge in [0.1, 0.15) is 5.82 Å². The number of hydrogen-bond acceptors (Lipinski definition) is 5. The number of hydrogen-bond donors (Lipinski definition) is 2. The summed E-state index contributed by atoms with van der Waals surface area (Å²) in [6.07, 6.45) is 1.55. The molecule has 3 aromatic rings. The smallest absolute Gasteiger partial charge is 0.475 e. The van der Waals surface area contributed by atoms with Gasteiger partial charge in [-0.1, -0.05) is 42.8 Å². The molecule has 2 aliphatic rings. The third kappa shape index (κ3) is 7.85. The number of halogens is 3. The second-order valence-corrected chi connectivity index (χ2v) is 10.5. The molecular formula is C31H35F3N4O3. The quantitative estimate of drug-likeness (QED) is 0.358. The number of rotatable bonds is 5. The van der Waals surface area contributed by atoms with E-state index in [1.54, 1.807) is 13.1 Å². The molecule has 0 radical (unpaired) electrons. The Hall–Kier alpha value is -3.92. The van der Waals surface area contributed by atoms with Crippen molar-refractivity contribution in [3.63, 3.8) is 0 Å². The molecule has 41 heavy (non-hydrogen) atoms. The highest BCUT2D eigenvalue weighted by molar-refractivity contribution is 5.94. The first kappa shape index (κ1) is 30.0. The van der Waals surface area contributed by atoms with Crippen molar-refractivity contribution in [1.82, 2.24) is 9.88 Å². The van der Waals surface area contributed by atoms with E-state index in [4.69, 9.17) is 9.90 Å². The van der Waals surface area contributed by atoms with E-state index in [0.717, 1.165) is 30.0 Å². The van der Waals surface area contributed by atoms with E-state index in [0.29, 0.717) is 0 Å². The number of fused-ring (bicyclic) bond motifs is 1. The van der Waals surface area contributed by atoms with Gasteiger partial charge in [-0.2, -0.15) is 13.2 Å². The zero-order valence-electron chi connectivity index (χ0n) is 23.2. The number of aromatic nitrogens is 1. The first-order valence-electron chi connectivity index (χ1n) is 13.8. The van der Waals surface area contributed by atoms with Crippen LogP contribution in [-0.4, -0.2) is 52.2 Å². The molecule has 0 bridgehead atoms. The molecule has 0 unspecified atom stereocenters. The fourth-order valence-electron chi connectivity index (χ4n) is 5.47. The third-order valence-corrected chi connectivity index (χ3v) is 7.39. The Kier molecular flexibility index (Phi) is 9.65. The zero-order valence-corrected chi connectivity index (χ0v) is 23.2. The van der Waals surface area contributed by atoms with Crippen LogP contribution in [0.3, 0.4) is 0 Å². The van der Waals surface area contributed by atoms with Gasteiger partial charge in [-0.3, -0.25) is 9.69 Å². The highest BCUT2D eigenvalue weighted by atomic mass is 19.4. The van der Waals surface area contributed by atoms with Gasteiger partial charge in [-0.15, -0.1) is 0 Å². The van der Waals surface area contributed by atoms with Gasteiger partial charge in [0.25, 0.3) is 0 Å². The second-order valence-electron chi connectivity index (χ2n) is 10.5. The molecule has 2 atom stereocenters. The third-order valence-electron chi connectivity index (χ3n) is 7.39. The normalized spacial score (nSPS) is 19.0. The molecule has 0 saturated carbocycles. The first-order valence-corrected chi connectivity index (χ1v) is 13.8. The van der Waals surface area contributed by atoms with Crippen molar-refractivity contribution in [2.45, 2.75) is 64.3 Å². The number of pyridine rings is 1. The predicted molar refractivity (Wildman–Crippen MR) is 153 cm³/mol. The highest BCUT2D eigenvalue weighted by Crippen LogP contribution is 2.41. The molecule has 1 saturated heterocycles. The number of alkyl halides is 3. The van der Waals surface area contributed by atoms with Gasteiger partial charge in [-0.25, -0.2) is 9.78 Å². The van der Waals surface area contributed by atoms with E-state index in [1.165, 1.54) is 49.0 Å². The number of carbonyl (C=O) groups excluding carboxylic acids is 1. The Bertz CT molecular complexity index is 1330. The number of benzene rings is 2. The van der Waals surface area contributed by atoms with Crippen LogP contribution in [0.25, 0.3) is 11.1 Å². The fourth-order valence-corrected chi connectivity index (χ4v) is 5.47. The van der Waals surface area contributed by atoms with Crippen molar-refractivity contribution in [3.8, 4) is 11.1 Å². The van der Waals surface area contributed by atoms with Crippen molar-refractivity contribution in [3.05, 3.63) is 78.0 Å². The van der Waals surface area contributed by atoms with E-state index in [1.807, 2.05) is 23.1 Å². The molecule has 2 aromatic carbocycles. The summed E-state index contributed by atoms with van der Waals surface area (Å²) in [6.45, 7) is 7.23. The van der Waals surface area contributed by atoms with E-state index >= 15 is 0 Å². The van der Waals surface area contributed by atoms with Gasteiger partial charge >= 0.3 is 12.1 Å². The fraction of sp³-hybridized carbons (Fsp3) is 0.387. The minimum absolute atomic E-state index is 0.0832. The minimum atomic E-state index is -5.08. The molecule has 10 heteroatoms. The number of carboxylic acid groups (broad SMARTS) is 1. The maximum absolute atomic E-state index is 12.5. The Morgan fingerprint density at radius 2 is 1.66 bits per heavy atom. The van der Waals surface area contributed by atoms with Crippen molar-refractivity contribution in [1.29, 1.82) is 0 Å². The summed E-state index contributed by atoms with van der Waals surface area (Å²) in [6, 6.07) is 21.6. The van der Waals surface area contributed by atoms with Crippen LogP contribution in [0.1, 0.15) is 56.7 Å². The Morgan fingerprint density at radius 3 is 2.24 bits per heavy atom. The Morgan fingerprint density at radius 1 is 1.00 bits per heavy atom. The van der Waals surface area contributed by atoms with Crippen LogP contribution in [0.4, 0.5) is 24.7 Å². The van der Waals surface area contributed by atoms with Crippen LogP contribution in [0.15, 0.2) is 66.9 Å². The minimum Gasteiger partial charge on any atom is -0.475 e. The van der Waals surface area contributed by atoms with Crippen molar-refractivity contribution in [2.24, 2.45) is 0 Å². The summed E-state index contributed by atoms with van der Waals surface area (Å²) in [4.78, 5) is 30.3. The molecule has 7 nitrogen and oxygen atoms in total. The van der Waals surface area contributed by atoms with Gasteiger partial charge in [0, 0.05) is 31.4 Å². The Balaban J connectivity index is 0.000000493. The molecule has 0 spiro atoms. The van der Waals surface area contributed by atoms with Crippen molar-refractivity contribution in [2.75, 3.05) is 23.3 Å². The molecular weight excluding hydrogens is 533 g/mol. The van der Waals surface area contributed by atoms with Gasteiger partial charge in [-0.05, 0) is 85.8 Å². The number of carbonyl (C=O) groups is 2. The van der Waals surface area contributed by atoms with Gasteiger partial charge in [0.05, 0.1) is 6.04 Å². The van der Waals surface area contributed by atoms with E-state index in [2.05, 4.69) is 64.6 Å². The average molecular weight is 569 g/mol. The van der Waals surface area contributed by atoms with E-state index in [-0.39, 0.29) is 18.0 Å². The van der Waals surface area contributed by atoms with Gasteiger partial charge in [0.15, 0.2) is 0 Å². The maximum Gasteiger partial charge on any atom is 0.490 e. The van der Waals surface area contributed by atoms with E-state index in [9.17, 15) is 18.0 Å². The molecule has 0 aliphatic carbocycles. The van der Waals surface area contributed by atoms with Crippen molar-refractivity contribution >= 4 is 23.4 Å². The zero-order chi connectivity index (χ0) is 29.6. The molecule has 3 heterocycles. The molecule has 2 aliphatic heterocycles. The summed E-state index contributed by atoms with van der Waals surface area (Å²) in [5.41, 5.74) is 5.89. The Labute approximate surface area is 238 Å². The van der Waals surface area contributed by atoms with E-state index < -0.39 is 12.1 Å². The number of amides is 1. The molecule has 5 rings (SSSR count). The lowest BCUT2D eigenvalue weighted by atomic mass is 9.89. The molecule has 1 amide bonds. The lowest BCUT2D eigenvalue weighted by Crippen LogP contribution is -2.43. The monoisotopic (exact) mass is 568 g/mol. The number of nitrogens with one attached hydrogen (secondary N) is 1. The maximum atomic E-state index is 12.5. The standard InChI is InChI=1S/C29H34N4O.C2HF3O2/c1-21-18-27(31-29-8-4-5-15-30-29)26-19-25(13-14-28(26)33(21)22(2)34)24-11-9-23(10-12-24)20-32-16-6-3-7-17-32;3-2(4,5)1(6)7/h4-5,8-15,19,21,27H,3,6-7,16-18,20H2,1-2H3,(H,30,31);(H,6,7)/t21-,27+;/m0./s1. The first-order chi connectivity index (χ1) is 19.5. The summed E-state index contributed by atoms with van der Waals surface area (Å²) < 4.78 is 31.7. The summed E-state index contributed by atoms with van der Waals surface area (Å²) in [5.74, 6) is -1.82. The van der Waals surface area contributed by atoms with Crippen LogP contribution in [0, 0.1) is 0 Å². The number of anilines is 2. The summed E-state index contributed by atoms with van der Waals surface area (Å²) in [5, 5.41) is 10.7. The van der Waals surface area contributed by atoms with Crippen LogP contribution in [-0.2, 0) is 16.1 Å². The van der Waals surface area contributed by atoms with Gasteiger partial charge < -0.3 is 15.3 Å². The predicted octanol–water partition coefficient (Wildman–Crippen LogP) is 6.67. The summed E-state index contributed by atoms with van der Waals surface area (Å²) in [7, 11) is 0. The number of nitrogens with zero attached hydrogens (tertiary/aromatic N) is 3. The number of likely N-dealkylation sites (tertiary alicyclic amines) is 1.